The highest BCUT2D eigenvalue weighted by atomic mass is 16.6. The number of benzene rings is 1. The zero-order valence-corrected chi connectivity index (χ0v) is 16.9. The predicted molar refractivity (Wildman–Crippen MR) is 113 cm³/mol. The topological polar surface area (TPSA) is 146 Å². The fraction of sp³-hybridized carbons (Fsp3) is 0.150. The zero-order chi connectivity index (χ0) is 22.7. The molecular formula is C20H18N6O5. The molecule has 0 saturated heterocycles. The Hall–Kier alpha value is -4.41. The van der Waals surface area contributed by atoms with E-state index in [1.54, 1.807) is 19.1 Å². The van der Waals surface area contributed by atoms with Crippen molar-refractivity contribution in [2.24, 2.45) is 5.10 Å². The van der Waals surface area contributed by atoms with Crippen LogP contribution in [0.2, 0.25) is 0 Å². The number of hydrogen-bond donors (Lipinski definition) is 1. The number of nitro benzene ring substituents is 1. The van der Waals surface area contributed by atoms with Crippen LogP contribution in [-0.2, 0) is 0 Å². The molecular weight excluding hydrogens is 404 g/mol. The summed E-state index contributed by atoms with van der Waals surface area (Å²) in [5.74, 6) is -0.617. The molecule has 1 N–H and O–H groups in total. The first-order valence-electron chi connectivity index (χ1n) is 9.07. The highest BCUT2D eigenvalue weighted by Gasteiger charge is 2.16. The maximum Gasteiger partial charge on any atom is 0.289 e. The monoisotopic (exact) mass is 422 g/mol. The van der Waals surface area contributed by atoms with Crippen LogP contribution in [0, 0.1) is 41.0 Å². The summed E-state index contributed by atoms with van der Waals surface area (Å²) < 4.78 is 1.85. The molecule has 3 aromatic rings. The minimum atomic E-state index is -0.617. The van der Waals surface area contributed by atoms with Crippen molar-refractivity contribution in [1.29, 1.82) is 0 Å². The third-order valence-corrected chi connectivity index (χ3v) is 4.68. The van der Waals surface area contributed by atoms with E-state index < -0.39 is 15.8 Å². The van der Waals surface area contributed by atoms with Crippen LogP contribution < -0.4 is 5.43 Å². The average Bonchev–Trinajstić information content (AvgIpc) is 3.01. The third-order valence-electron chi connectivity index (χ3n) is 4.68. The summed E-state index contributed by atoms with van der Waals surface area (Å²) >= 11 is 0. The smallest absolute Gasteiger partial charge is 0.289 e. The van der Waals surface area contributed by atoms with Gasteiger partial charge in [-0.15, -0.1) is 0 Å². The summed E-state index contributed by atoms with van der Waals surface area (Å²) in [6.45, 7) is 5.37. The lowest BCUT2D eigenvalue weighted by Crippen LogP contribution is -2.19. The lowest BCUT2D eigenvalue weighted by molar-refractivity contribution is -0.385. The van der Waals surface area contributed by atoms with Crippen molar-refractivity contribution in [1.82, 2.24) is 15.0 Å². The quantitative estimate of drug-likeness (QED) is 0.366. The number of pyridine rings is 1. The number of rotatable bonds is 6. The second kappa shape index (κ2) is 8.53. The van der Waals surface area contributed by atoms with Gasteiger partial charge in [-0.3, -0.25) is 25.0 Å². The molecule has 11 nitrogen and oxygen atoms in total. The van der Waals surface area contributed by atoms with Crippen molar-refractivity contribution in [3.8, 4) is 5.69 Å². The van der Waals surface area contributed by atoms with E-state index in [4.69, 9.17) is 0 Å². The van der Waals surface area contributed by atoms with E-state index in [2.05, 4.69) is 15.5 Å². The lowest BCUT2D eigenvalue weighted by atomic mass is 10.2. The number of nitrogens with zero attached hydrogens (tertiary/aromatic N) is 5. The van der Waals surface area contributed by atoms with Crippen molar-refractivity contribution in [3.63, 3.8) is 0 Å². The van der Waals surface area contributed by atoms with Crippen molar-refractivity contribution in [2.45, 2.75) is 20.8 Å². The van der Waals surface area contributed by atoms with Crippen LogP contribution in [0.1, 0.15) is 33.0 Å². The van der Waals surface area contributed by atoms with Crippen molar-refractivity contribution in [3.05, 3.63) is 91.0 Å². The summed E-state index contributed by atoms with van der Waals surface area (Å²) in [7, 11) is 0. The van der Waals surface area contributed by atoms with Gasteiger partial charge in [0.25, 0.3) is 17.3 Å². The van der Waals surface area contributed by atoms with Crippen LogP contribution in [0.5, 0.6) is 0 Å². The maximum absolute atomic E-state index is 12.1. The minimum absolute atomic E-state index is 0.0137. The van der Waals surface area contributed by atoms with Crippen LogP contribution in [0.25, 0.3) is 5.69 Å². The second-order valence-electron chi connectivity index (χ2n) is 6.75. The molecule has 0 fully saturated rings. The van der Waals surface area contributed by atoms with Crippen molar-refractivity contribution in [2.75, 3.05) is 0 Å². The van der Waals surface area contributed by atoms with Gasteiger partial charge >= 0.3 is 0 Å². The molecule has 11 heteroatoms. The number of carbonyl (C=O) groups is 1. The van der Waals surface area contributed by atoms with Gasteiger partial charge in [0, 0.05) is 34.6 Å². The average molecular weight is 422 g/mol. The normalized spacial score (nSPS) is 10.9. The third kappa shape index (κ3) is 4.45. The molecule has 0 bridgehead atoms. The minimum Gasteiger partial charge on any atom is -0.318 e. The first-order chi connectivity index (χ1) is 14.7. The van der Waals surface area contributed by atoms with Crippen LogP contribution in [0.4, 0.5) is 11.4 Å². The first-order valence-corrected chi connectivity index (χ1v) is 9.07. The maximum atomic E-state index is 12.1. The second-order valence-corrected chi connectivity index (χ2v) is 6.75. The molecule has 0 spiro atoms. The largest absolute Gasteiger partial charge is 0.318 e. The van der Waals surface area contributed by atoms with E-state index in [9.17, 15) is 25.0 Å². The van der Waals surface area contributed by atoms with Crippen molar-refractivity contribution >= 4 is 23.5 Å². The molecule has 158 valence electrons. The summed E-state index contributed by atoms with van der Waals surface area (Å²) in [6.07, 6.45) is 2.44. The molecule has 0 atom stereocenters. The number of nitrogens with one attached hydrogen (secondary N) is 1. The molecule has 0 radical (unpaired) electrons. The van der Waals surface area contributed by atoms with Gasteiger partial charge in [0.15, 0.2) is 0 Å². The van der Waals surface area contributed by atoms with Crippen molar-refractivity contribution < 1.29 is 14.6 Å². The molecule has 0 saturated carbocycles. The SMILES string of the molecule is Cc1ccc(-n2c(C)cc(/C=N/NC(=O)c3ccc([N+](=O)[O-])cn3)c2C)cc1[N+](=O)[O-]. The van der Waals surface area contributed by atoms with Gasteiger partial charge in [0.1, 0.15) is 11.9 Å². The number of nitro groups is 2. The van der Waals surface area contributed by atoms with Crippen LogP contribution in [0.3, 0.4) is 0 Å². The molecule has 0 unspecified atom stereocenters. The summed E-state index contributed by atoms with van der Waals surface area (Å²) in [5.41, 5.74) is 5.66. The number of aromatic nitrogens is 2. The standard InChI is InChI=1S/C20H18N6O5/c1-12-4-5-16(9-19(12)26(30)31)24-13(2)8-15(14(24)3)10-22-23-20(27)18-7-6-17(11-21-18)25(28)29/h4-11H,1-3H3,(H,23,27)/b22-10+. The Morgan fingerprint density at radius 2 is 1.84 bits per heavy atom. The van der Waals surface area contributed by atoms with Crippen LogP contribution in [0.15, 0.2) is 47.7 Å². The van der Waals surface area contributed by atoms with E-state index in [1.807, 2.05) is 24.5 Å². The number of hydrazone groups is 1. The van der Waals surface area contributed by atoms with Gasteiger partial charge < -0.3 is 4.57 Å². The Labute approximate surface area is 176 Å². The molecule has 1 aromatic carbocycles. The highest BCUT2D eigenvalue weighted by Crippen LogP contribution is 2.25. The Balaban J connectivity index is 1.80. The van der Waals surface area contributed by atoms with Gasteiger partial charge in [-0.25, -0.2) is 10.4 Å². The summed E-state index contributed by atoms with van der Waals surface area (Å²) in [4.78, 5) is 36.7. The van der Waals surface area contributed by atoms with E-state index in [0.717, 1.165) is 17.6 Å². The number of carbonyl (C=O) groups excluding carboxylic acids is 1. The highest BCUT2D eigenvalue weighted by molar-refractivity contribution is 5.93. The van der Waals surface area contributed by atoms with Gasteiger partial charge in [0.05, 0.1) is 21.7 Å². The zero-order valence-electron chi connectivity index (χ0n) is 16.9. The molecule has 1 amide bonds. The molecule has 3 rings (SSSR count). The molecule has 2 heterocycles. The fourth-order valence-corrected chi connectivity index (χ4v) is 3.10. The lowest BCUT2D eigenvalue weighted by Gasteiger charge is -2.10. The van der Waals surface area contributed by atoms with Crippen LogP contribution >= 0.6 is 0 Å². The fourth-order valence-electron chi connectivity index (χ4n) is 3.10. The van der Waals surface area contributed by atoms with Gasteiger partial charge in [0.2, 0.25) is 0 Å². The summed E-state index contributed by atoms with van der Waals surface area (Å²) in [5, 5.41) is 25.8. The van der Waals surface area contributed by atoms with E-state index in [0.29, 0.717) is 16.8 Å². The number of hydrogen-bond acceptors (Lipinski definition) is 7. The Kier molecular flexibility index (Phi) is 5.86. The Morgan fingerprint density at radius 3 is 2.45 bits per heavy atom. The van der Waals surface area contributed by atoms with Crippen LogP contribution in [-0.4, -0.2) is 31.5 Å². The summed E-state index contributed by atoms with van der Waals surface area (Å²) in [6, 6.07) is 9.25. The van der Waals surface area contributed by atoms with E-state index in [-0.39, 0.29) is 17.1 Å². The van der Waals surface area contributed by atoms with Gasteiger partial charge in [-0.1, -0.05) is 6.07 Å². The molecule has 2 aromatic heterocycles. The van der Waals surface area contributed by atoms with Gasteiger partial charge in [-0.2, -0.15) is 5.10 Å². The number of aryl methyl sites for hydroxylation is 2. The molecule has 0 aliphatic rings. The van der Waals surface area contributed by atoms with E-state index in [1.165, 1.54) is 24.4 Å². The number of amides is 1. The first kappa shape index (κ1) is 21.3. The molecule has 0 aliphatic carbocycles. The predicted octanol–water partition coefficient (Wildman–Crippen LogP) is 3.38. The molecule has 31 heavy (non-hydrogen) atoms. The Morgan fingerprint density at radius 1 is 1.10 bits per heavy atom. The van der Waals surface area contributed by atoms with E-state index >= 15 is 0 Å². The Bertz CT molecular complexity index is 1210. The van der Waals surface area contributed by atoms with Gasteiger partial charge in [-0.05, 0) is 39.0 Å². The molecule has 0 aliphatic heterocycles.